The van der Waals surface area contributed by atoms with E-state index in [9.17, 15) is 0 Å². The number of anilines is 1. The van der Waals surface area contributed by atoms with E-state index in [1.54, 1.807) is 26.6 Å². The summed E-state index contributed by atoms with van der Waals surface area (Å²) in [5.41, 5.74) is 7.22. The van der Waals surface area contributed by atoms with Crippen LogP contribution in [0.15, 0.2) is 29.0 Å². The zero-order chi connectivity index (χ0) is 13.1. The lowest BCUT2D eigenvalue weighted by Crippen LogP contribution is -1.98. The lowest BCUT2D eigenvalue weighted by Gasteiger charge is -2.12. The molecule has 1 aromatic carbocycles. The summed E-state index contributed by atoms with van der Waals surface area (Å²) in [6, 6.07) is 3.62. The van der Waals surface area contributed by atoms with Crippen molar-refractivity contribution < 1.29 is 9.47 Å². The van der Waals surface area contributed by atoms with Crippen LogP contribution in [0.4, 0.5) is 5.82 Å². The molecule has 0 unspecified atom stereocenters. The average molecular weight is 310 g/mol. The Hall–Kier alpha value is -1.82. The summed E-state index contributed by atoms with van der Waals surface area (Å²) in [5, 5.41) is 0. The van der Waals surface area contributed by atoms with E-state index in [0.29, 0.717) is 23.0 Å². The van der Waals surface area contributed by atoms with Gasteiger partial charge < -0.3 is 15.2 Å². The number of methoxy groups -OCH3 is 2. The summed E-state index contributed by atoms with van der Waals surface area (Å²) >= 11 is 3.46. The first-order chi connectivity index (χ1) is 8.67. The van der Waals surface area contributed by atoms with Crippen LogP contribution < -0.4 is 15.2 Å². The predicted molar refractivity (Wildman–Crippen MR) is 72.7 cm³/mol. The van der Waals surface area contributed by atoms with E-state index in [2.05, 4.69) is 25.9 Å². The summed E-state index contributed by atoms with van der Waals surface area (Å²) in [4.78, 5) is 8.24. The Morgan fingerprint density at radius 3 is 2.28 bits per heavy atom. The lowest BCUT2D eigenvalue weighted by atomic mass is 10.1. The maximum atomic E-state index is 5.82. The van der Waals surface area contributed by atoms with Crippen LogP contribution in [0.25, 0.3) is 11.3 Å². The maximum Gasteiger partial charge on any atom is 0.161 e. The molecule has 0 fully saturated rings. The SMILES string of the molecule is COc1cc(Br)c(-c2nccnc2N)cc1OC. The average Bonchev–Trinajstić information content (AvgIpc) is 2.39. The van der Waals surface area contributed by atoms with Crippen molar-refractivity contribution in [3.8, 4) is 22.8 Å². The van der Waals surface area contributed by atoms with Crippen LogP contribution in [0.3, 0.4) is 0 Å². The van der Waals surface area contributed by atoms with Crippen molar-refractivity contribution in [2.75, 3.05) is 20.0 Å². The molecule has 2 aromatic rings. The molecule has 18 heavy (non-hydrogen) atoms. The molecule has 0 amide bonds. The molecule has 6 heteroatoms. The van der Waals surface area contributed by atoms with Crippen LogP contribution >= 0.6 is 15.9 Å². The smallest absolute Gasteiger partial charge is 0.161 e. The van der Waals surface area contributed by atoms with E-state index in [0.717, 1.165) is 10.0 Å². The van der Waals surface area contributed by atoms with Crippen molar-refractivity contribution in [2.24, 2.45) is 0 Å². The molecule has 0 aliphatic rings. The molecule has 0 atom stereocenters. The largest absolute Gasteiger partial charge is 0.493 e. The molecule has 0 aliphatic carbocycles. The number of ether oxygens (including phenoxy) is 2. The number of rotatable bonds is 3. The van der Waals surface area contributed by atoms with E-state index in [1.807, 2.05) is 12.1 Å². The maximum absolute atomic E-state index is 5.82. The number of nitrogen functional groups attached to an aromatic ring is 1. The minimum absolute atomic E-state index is 0.366. The molecule has 1 heterocycles. The zero-order valence-corrected chi connectivity index (χ0v) is 11.6. The first-order valence-electron chi connectivity index (χ1n) is 5.15. The van der Waals surface area contributed by atoms with Crippen molar-refractivity contribution in [1.29, 1.82) is 0 Å². The molecule has 2 N–H and O–H groups in total. The normalized spacial score (nSPS) is 10.2. The summed E-state index contributed by atoms with van der Waals surface area (Å²) < 4.78 is 11.3. The van der Waals surface area contributed by atoms with Gasteiger partial charge in [-0.1, -0.05) is 0 Å². The summed E-state index contributed by atoms with van der Waals surface area (Å²) in [6.07, 6.45) is 3.14. The summed E-state index contributed by atoms with van der Waals surface area (Å²) in [7, 11) is 3.16. The number of aromatic nitrogens is 2. The Morgan fingerprint density at radius 1 is 1.06 bits per heavy atom. The van der Waals surface area contributed by atoms with Gasteiger partial charge in [-0.3, -0.25) is 4.98 Å². The van der Waals surface area contributed by atoms with Gasteiger partial charge in [0.1, 0.15) is 11.5 Å². The van der Waals surface area contributed by atoms with Crippen LogP contribution in [0.5, 0.6) is 11.5 Å². The monoisotopic (exact) mass is 309 g/mol. The van der Waals surface area contributed by atoms with Crippen LogP contribution in [0.2, 0.25) is 0 Å². The second-order valence-electron chi connectivity index (χ2n) is 3.48. The first kappa shape index (κ1) is 12.6. The van der Waals surface area contributed by atoms with E-state index in [1.165, 1.54) is 0 Å². The standard InChI is InChI=1S/C12H12BrN3O2/c1-17-9-5-7(8(13)6-10(9)18-2)11-12(14)16-4-3-15-11/h3-6H,1-2H3,(H2,14,16). The molecule has 0 bridgehead atoms. The van der Waals surface area contributed by atoms with Crippen molar-refractivity contribution in [2.45, 2.75) is 0 Å². The van der Waals surface area contributed by atoms with Gasteiger partial charge in [-0.2, -0.15) is 0 Å². The van der Waals surface area contributed by atoms with Crippen LogP contribution in [-0.4, -0.2) is 24.2 Å². The van der Waals surface area contributed by atoms with Crippen molar-refractivity contribution in [3.05, 3.63) is 29.0 Å². The third-order valence-corrected chi connectivity index (χ3v) is 3.11. The van der Waals surface area contributed by atoms with E-state index >= 15 is 0 Å². The number of halogens is 1. The molecular formula is C12H12BrN3O2. The Bertz CT molecular complexity index is 575. The second-order valence-corrected chi connectivity index (χ2v) is 4.33. The molecule has 94 valence electrons. The number of hydrogen-bond acceptors (Lipinski definition) is 5. The highest BCUT2D eigenvalue weighted by atomic mass is 79.9. The third kappa shape index (κ3) is 2.24. The molecule has 0 saturated heterocycles. The highest BCUT2D eigenvalue weighted by Gasteiger charge is 2.14. The Kier molecular flexibility index (Phi) is 3.66. The molecule has 2 rings (SSSR count). The highest BCUT2D eigenvalue weighted by molar-refractivity contribution is 9.10. The summed E-state index contributed by atoms with van der Waals surface area (Å²) in [5.74, 6) is 1.61. The quantitative estimate of drug-likeness (QED) is 0.943. The van der Waals surface area contributed by atoms with Gasteiger partial charge in [-0.05, 0) is 28.1 Å². The van der Waals surface area contributed by atoms with Gasteiger partial charge in [0.25, 0.3) is 0 Å². The molecule has 0 spiro atoms. The van der Waals surface area contributed by atoms with Gasteiger partial charge in [0.15, 0.2) is 11.5 Å². The van der Waals surface area contributed by atoms with Crippen LogP contribution in [0.1, 0.15) is 0 Å². The molecule has 0 saturated carbocycles. The zero-order valence-electron chi connectivity index (χ0n) is 9.98. The van der Waals surface area contributed by atoms with E-state index in [-0.39, 0.29) is 0 Å². The van der Waals surface area contributed by atoms with Crippen molar-refractivity contribution >= 4 is 21.7 Å². The number of hydrogen-bond donors (Lipinski definition) is 1. The Balaban J connectivity index is 2.62. The summed E-state index contributed by atoms with van der Waals surface area (Å²) in [6.45, 7) is 0. The van der Waals surface area contributed by atoms with E-state index in [4.69, 9.17) is 15.2 Å². The molecule has 5 nitrogen and oxygen atoms in total. The fraction of sp³-hybridized carbons (Fsp3) is 0.167. The number of benzene rings is 1. The number of nitrogens with two attached hydrogens (primary N) is 1. The van der Waals surface area contributed by atoms with Gasteiger partial charge in [0.2, 0.25) is 0 Å². The Labute approximate surface area is 113 Å². The van der Waals surface area contributed by atoms with Gasteiger partial charge in [-0.25, -0.2) is 4.98 Å². The van der Waals surface area contributed by atoms with Crippen LogP contribution in [0, 0.1) is 0 Å². The number of nitrogens with zero attached hydrogens (tertiary/aromatic N) is 2. The minimum Gasteiger partial charge on any atom is -0.493 e. The van der Waals surface area contributed by atoms with Crippen molar-refractivity contribution in [3.63, 3.8) is 0 Å². The Morgan fingerprint density at radius 2 is 1.67 bits per heavy atom. The van der Waals surface area contributed by atoms with Gasteiger partial charge in [0, 0.05) is 22.4 Å². The van der Waals surface area contributed by atoms with Crippen LogP contribution in [-0.2, 0) is 0 Å². The molecule has 1 aromatic heterocycles. The molecule has 0 aliphatic heterocycles. The van der Waals surface area contributed by atoms with Gasteiger partial charge in [0.05, 0.1) is 14.2 Å². The van der Waals surface area contributed by atoms with Crippen molar-refractivity contribution in [1.82, 2.24) is 9.97 Å². The lowest BCUT2D eigenvalue weighted by molar-refractivity contribution is 0.355. The van der Waals surface area contributed by atoms with Gasteiger partial charge in [-0.15, -0.1) is 0 Å². The predicted octanol–water partition coefficient (Wildman–Crippen LogP) is 2.51. The highest BCUT2D eigenvalue weighted by Crippen LogP contribution is 2.38. The minimum atomic E-state index is 0.366. The topological polar surface area (TPSA) is 70.3 Å². The van der Waals surface area contributed by atoms with E-state index < -0.39 is 0 Å². The fourth-order valence-electron chi connectivity index (χ4n) is 1.59. The molecular weight excluding hydrogens is 298 g/mol. The first-order valence-corrected chi connectivity index (χ1v) is 5.95. The van der Waals surface area contributed by atoms with Gasteiger partial charge >= 0.3 is 0 Å². The second kappa shape index (κ2) is 5.22. The molecule has 0 radical (unpaired) electrons. The fourth-order valence-corrected chi connectivity index (χ4v) is 2.10. The third-order valence-electron chi connectivity index (χ3n) is 2.45.